The topological polar surface area (TPSA) is 12.9 Å². The maximum atomic E-state index is 4.19. The maximum Gasteiger partial charge on any atom is 0.0404 e. The number of pyridine rings is 1. The van der Waals surface area contributed by atoms with Gasteiger partial charge in [0.2, 0.25) is 0 Å². The van der Waals surface area contributed by atoms with Gasteiger partial charge in [0, 0.05) is 23.0 Å². The molecule has 0 radical (unpaired) electrons. The maximum absolute atomic E-state index is 4.19. The molecule has 1 aromatic rings. The second-order valence-electron chi connectivity index (χ2n) is 3.75. The molecule has 1 aliphatic carbocycles. The summed E-state index contributed by atoms with van der Waals surface area (Å²) < 4.78 is 0. The van der Waals surface area contributed by atoms with Crippen LogP contribution in [0.25, 0.3) is 0 Å². The zero-order chi connectivity index (χ0) is 12.5. The summed E-state index contributed by atoms with van der Waals surface area (Å²) in [6.07, 6.45) is 13.0. The smallest absolute Gasteiger partial charge is 0.0404 e. The van der Waals surface area contributed by atoms with Crippen molar-refractivity contribution in [1.82, 2.24) is 4.98 Å². The monoisotopic (exact) mass is 247 g/mol. The highest BCUT2D eigenvalue weighted by Crippen LogP contribution is 2.22. The molecule has 0 amide bonds. The molecule has 0 bridgehead atoms. The fourth-order valence-corrected chi connectivity index (χ4v) is 2.50. The van der Waals surface area contributed by atoms with E-state index in [1.165, 1.54) is 28.9 Å². The molecule has 0 saturated heterocycles. The molecule has 0 unspecified atom stereocenters. The molecule has 2 rings (SSSR count). The second-order valence-corrected chi connectivity index (χ2v) is 4.79. The second kappa shape index (κ2) is 8.13. The molecule has 0 atom stereocenters. The van der Waals surface area contributed by atoms with E-state index in [1.807, 2.05) is 38.0 Å². The summed E-state index contributed by atoms with van der Waals surface area (Å²) in [4.78, 5) is 5.45. The van der Waals surface area contributed by atoms with Crippen molar-refractivity contribution in [3.63, 3.8) is 0 Å². The molecule has 0 spiro atoms. The van der Waals surface area contributed by atoms with Crippen molar-refractivity contribution in [3.05, 3.63) is 47.8 Å². The molecule has 0 fully saturated rings. The predicted octanol–water partition coefficient (Wildman–Crippen LogP) is 4.78. The fourth-order valence-electron chi connectivity index (χ4n) is 1.55. The van der Waals surface area contributed by atoms with Gasteiger partial charge in [-0.3, -0.25) is 4.98 Å². The summed E-state index contributed by atoms with van der Waals surface area (Å²) in [6.45, 7) is 6.08. The van der Waals surface area contributed by atoms with Gasteiger partial charge in [0.1, 0.15) is 0 Å². The summed E-state index contributed by atoms with van der Waals surface area (Å²) in [5, 5.41) is 0. The lowest BCUT2D eigenvalue weighted by atomic mass is 10.1. The number of nitrogens with zero attached hydrogens (tertiary/aromatic N) is 1. The molecule has 2 heteroatoms. The SMILES string of the molecule is CC.Cc1cncc(SCC2=CCCC=C2)c1. The van der Waals surface area contributed by atoms with Crippen LogP contribution in [0.15, 0.2) is 47.2 Å². The molecule has 1 aromatic heterocycles. The summed E-state index contributed by atoms with van der Waals surface area (Å²) in [5.74, 6) is 1.06. The minimum Gasteiger partial charge on any atom is -0.263 e. The lowest BCUT2D eigenvalue weighted by Gasteiger charge is -2.06. The summed E-state index contributed by atoms with van der Waals surface area (Å²) in [6, 6.07) is 2.19. The highest BCUT2D eigenvalue weighted by atomic mass is 32.2. The van der Waals surface area contributed by atoms with Crippen LogP contribution in [-0.2, 0) is 0 Å². The highest BCUT2D eigenvalue weighted by molar-refractivity contribution is 7.99. The summed E-state index contributed by atoms with van der Waals surface area (Å²) >= 11 is 1.86. The van der Waals surface area contributed by atoms with Crippen LogP contribution in [0.2, 0.25) is 0 Å². The average molecular weight is 247 g/mol. The third kappa shape index (κ3) is 5.22. The van der Waals surface area contributed by atoms with Crippen molar-refractivity contribution < 1.29 is 0 Å². The van der Waals surface area contributed by atoms with E-state index >= 15 is 0 Å². The lowest BCUT2D eigenvalue weighted by Crippen LogP contribution is -1.89. The van der Waals surface area contributed by atoms with E-state index in [0.717, 1.165) is 5.75 Å². The number of rotatable bonds is 3. The minimum absolute atomic E-state index is 1.06. The molecule has 1 aliphatic rings. The molecule has 0 saturated carbocycles. The standard InChI is InChI=1S/C13H15NS.C2H6/c1-11-7-13(9-14-8-11)15-10-12-5-3-2-4-6-12;1-2/h3,5-9H,2,4,10H2,1H3;1-2H3. The van der Waals surface area contributed by atoms with Crippen LogP contribution < -0.4 is 0 Å². The largest absolute Gasteiger partial charge is 0.263 e. The van der Waals surface area contributed by atoms with Gasteiger partial charge in [-0.25, -0.2) is 0 Å². The Bertz CT molecular complexity index is 394. The molecule has 1 heterocycles. The number of hydrogen-bond donors (Lipinski definition) is 0. The summed E-state index contributed by atoms with van der Waals surface area (Å²) in [5.41, 5.74) is 2.67. The van der Waals surface area contributed by atoms with E-state index < -0.39 is 0 Å². The van der Waals surface area contributed by atoms with Crippen molar-refractivity contribution in [2.45, 2.75) is 38.5 Å². The number of aryl methyl sites for hydroxylation is 1. The summed E-state index contributed by atoms with van der Waals surface area (Å²) in [7, 11) is 0. The zero-order valence-corrected chi connectivity index (χ0v) is 11.8. The van der Waals surface area contributed by atoms with Crippen LogP contribution in [0.1, 0.15) is 32.3 Å². The van der Waals surface area contributed by atoms with Crippen LogP contribution in [-0.4, -0.2) is 10.7 Å². The van der Waals surface area contributed by atoms with Gasteiger partial charge < -0.3 is 0 Å². The first-order valence-electron chi connectivity index (χ1n) is 6.24. The number of hydrogen-bond acceptors (Lipinski definition) is 2. The van der Waals surface area contributed by atoms with Gasteiger partial charge in [-0.05, 0) is 37.0 Å². The first-order chi connectivity index (χ1) is 8.34. The van der Waals surface area contributed by atoms with Crippen molar-refractivity contribution in [2.24, 2.45) is 0 Å². The van der Waals surface area contributed by atoms with Crippen LogP contribution in [0.3, 0.4) is 0 Å². The molecule has 0 aliphatic heterocycles. The van der Waals surface area contributed by atoms with Crippen molar-refractivity contribution in [1.29, 1.82) is 0 Å². The van der Waals surface area contributed by atoms with Gasteiger partial charge in [-0.1, -0.05) is 32.1 Å². The van der Waals surface area contributed by atoms with Crippen molar-refractivity contribution in [2.75, 3.05) is 5.75 Å². The van der Waals surface area contributed by atoms with E-state index in [2.05, 4.69) is 36.2 Å². The van der Waals surface area contributed by atoms with E-state index in [4.69, 9.17) is 0 Å². The molecule has 92 valence electrons. The van der Waals surface area contributed by atoms with E-state index in [-0.39, 0.29) is 0 Å². The van der Waals surface area contributed by atoms with Crippen LogP contribution >= 0.6 is 11.8 Å². The quantitative estimate of drug-likeness (QED) is 0.713. The molecule has 1 nitrogen and oxygen atoms in total. The third-order valence-electron chi connectivity index (χ3n) is 2.33. The van der Waals surface area contributed by atoms with Crippen LogP contribution in [0.5, 0.6) is 0 Å². The van der Waals surface area contributed by atoms with E-state index in [1.54, 1.807) is 0 Å². The van der Waals surface area contributed by atoms with Gasteiger partial charge in [0.05, 0.1) is 0 Å². The number of allylic oxidation sites excluding steroid dienone is 3. The number of aromatic nitrogens is 1. The van der Waals surface area contributed by atoms with Crippen molar-refractivity contribution >= 4 is 11.8 Å². The van der Waals surface area contributed by atoms with Gasteiger partial charge in [0.25, 0.3) is 0 Å². The molecule has 0 aromatic carbocycles. The zero-order valence-electron chi connectivity index (χ0n) is 10.9. The Morgan fingerprint density at radius 3 is 2.71 bits per heavy atom. The van der Waals surface area contributed by atoms with Gasteiger partial charge in [-0.2, -0.15) is 0 Å². The third-order valence-corrected chi connectivity index (χ3v) is 3.36. The first-order valence-corrected chi connectivity index (χ1v) is 7.23. The molecule has 0 N–H and O–H groups in total. The Kier molecular flexibility index (Phi) is 6.71. The normalized spacial score (nSPS) is 13.7. The van der Waals surface area contributed by atoms with Crippen LogP contribution in [0, 0.1) is 6.92 Å². The Hall–Kier alpha value is -1.02. The van der Waals surface area contributed by atoms with E-state index in [0.29, 0.717) is 0 Å². The Morgan fingerprint density at radius 1 is 1.24 bits per heavy atom. The predicted molar refractivity (Wildman–Crippen MR) is 77.5 cm³/mol. The Balaban J connectivity index is 0.000000686. The van der Waals surface area contributed by atoms with E-state index in [9.17, 15) is 0 Å². The van der Waals surface area contributed by atoms with Gasteiger partial charge in [-0.15, -0.1) is 11.8 Å². The molecule has 17 heavy (non-hydrogen) atoms. The molecular formula is C15H21NS. The van der Waals surface area contributed by atoms with Crippen molar-refractivity contribution in [3.8, 4) is 0 Å². The Morgan fingerprint density at radius 2 is 2.06 bits per heavy atom. The lowest BCUT2D eigenvalue weighted by molar-refractivity contribution is 1.02. The average Bonchev–Trinajstić information content (AvgIpc) is 2.40. The highest BCUT2D eigenvalue weighted by Gasteiger charge is 1.99. The Labute approximate surface area is 109 Å². The molecular weight excluding hydrogens is 226 g/mol. The van der Waals surface area contributed by atoms with Gasteiger partial charge in [0.15, 0.2) is 0 Å². The first kappa shape index (κ1) is 14.0. The van der Waals surface area contributed by atoms with Crippen LogP contribution in [0.4, 0.5) is 0 Å². The minimum atomic E-state index is 1.06. The van der Waals surface area contributed by atoms with Gasteiger partial charge >= 0.3 is 0 Å². The number of thioether (sulfide) groups is 1. The fraction of sp³-hybridized carbons (Fsp3) is 0.400.